The van der Waals surface area contributed by atoms with Crippen molar-refractivity contribution in [1.82, 2.24) is 4.90 Å². The molecule has 1 N–H and O–H groups in total. The van der Waals surface area contributed by atoms with Crippen LogP contribution in [0.3, 0.4) is 0 Å². The van der Waals surface area contributed by atoms with Crippen LogP contribution in [0, 0.1) is 0 Å². The summed E-state index contributed by atoms with van der Waals surface area (Å²) in [7, 11) is 0. The summed E-state index contributed by atoms with van der Waals surface area (Å²) in [5, 5.41) is 10.0. The molecular formula is C17H23NO4. The van der Waals surface area contributed by atoms with E-state index in [1.54, 1.807) is 11.0 Å². The molecule has 2 atom stereocenters. The lowest BCUT2D eigenvalue weighted by atomic mass is 9.84. The fraction of sp³-hybridized carbons (Fsp3) is 0.588. The van der Waals surface area contributed by atoms with Gasteiger partial charge >= 0.3 is 6.09 Å². The quantitative estimate of drug-likeness (QED) is 0.800. The van der Waals surface area contributed by atoms with Gasteiger partial charge in [-0.25, -0.2) is 4.79 Å². The Balaban J connectivity index is 1.83. The Bertz CT molecular complexity index is 579. The third kappa shape index (κ3) is 2.90. The molecule has 120 valence electrons. The Morgan fingerprint density at radius 3 is 2.86 bits per heavy atom. The summed E-state index contributed by atoms with van der Waals surface area (Å²) in [5.74, 6) is 0.314. The SMILES string of the molecule is CC(C)(C)OC(=O)N1CCOC2Cc3c(O)cccc3CC21. The lowest BCUT2D eigenvalue weighted by molar-refractivity contribution is -0.0783. The first-order valence-corrected chi connectivity index (χ1v) is 7.76. The average Bonchev–Trinajstić information content (AvgIpc) is 2.43. The predicted molar refractivity (Wildman–Crippen MR) is 82.0 cm³/mol. The van der Waals surface area contributed by atoms with Gasteiger partial charge in [0.1, 0.15) is 11.4 Å². The topological polar surface area (TPSA) is 59.0 Å². The number of carbonyl (C=O) groups is 1. The van der Waals surface area contributed by atoms with Gasteiger partial charge in [0, 0.05) is 13.0 Å². The number of carbonyl (C=O) groups excluding carboxylic acids is 1. The van der Waals surface area contributed by atoms with Crippen LogP contribution >= 0.6 is 0 Å². The van der Waals surface area contributed by atoms with Crippen LogP contribution in [0.15, 0.2) is 18.2 Å². The van der Waals surface area contributed by atoms with Crippen LogP contribution in [-0.2, 0) is 22.3 Å². The van der Waals surface area contributed by atoms with E-state index in [4.69, 9.17) is 9.47 Å². The van der Waals surface area contributed by atoms with Crippen molar-refractivity contribution in [2.24, 2.45) is 0 Å². The molecule has 1 aromatic carbocycles. The number of rotatable bonds is 0. The number of benzene rings is 1. The highest BCUT2D eigenvalue weighted by Gasteiger charge is 2.40. The van der Waals surface area contributed by atoms with E-state index in [0.29, 0.717) is 31.7 Å². The first kappa shape index (κ1) is 15.2. The number of phenols is 1. The highest BCUT2D eigenvalue weighted by Crippen LogP contribution is 2.34. The summed E-state index contributed by atoms with van der Waals surface area (Å²) in [6, 6.07) is 5.52. The van der Waals surface area contributed by atoms with Crippen molar-refractivity contribution in [3.05, 3.63) is 29.3 Å². The molecule has 2 unspecified atom stereocenters. The monoisotopic (exact) mass is 305 g/mol. The van der Waals surface area contributed by atoms with Crippen molar-refractivity contribution in [3.63, 3.8) is 0 Å². The second kappa shape index (κ2) is 5.47. The van der Waals surface area contributed by atoms with Gasteiger partial charge in [0.2, 0.25) is 0 Å². The fourth-order valence-corrected chi connectivity index (χ4v) is 3.24. The summed E-state index contributed by atoms with van der Waals surface area (Å²) in [6.45, 7) is 6.67. The van der Waals surface area contributed by atoms with Crippen LogP contribution in [0.2, 0.25) is 0 Å². The standard InChI is InChI=1S/C17H23NO4/c1-17(2,3)22-16(20)18-7-8-21-15-10-12-11(9-13(15)18)5-4-6-14(12)19/h4-6,13,15,19H,7-10H2,1-3H3. The van der Waals surface area contributed by atoms with Crippen molar-refractivity contribution in [2.75, 3.05) is 13.2 Å². The van der Waals surface area contributed by atoms with Gasteiger partial charge in [-0.3, -0.25) is 4.90 Å². The van der Waals surface area contributed by atoms with E-state index in [1.807, 2.05) is 32.9 Å². The van der Waals surface area contributed by atoms with Crippen molar-refractivity contribution in [1.29, 1.82) is 0 Å². The zero-order valence-corrected chi connectivity index (χ0v) is 13.3. The summed E-state index contributed by atoms with van der Waals surface area (Å²) in [6.07, 6.45) is 0.955. The second-order valence-electron chi connectivity index (χ2n) is 6.97. The van der Waals surface area contributed by atoms with Gasteiger partial charge < -0.3 is 14.6 Å². The minimum Gasteiger partial charge on any atom is -0.508 e. The maximum Gasteiger partial charge on any atom is 0.410 e. The van der Waals surface area contributed by atoms with Crippen LogP contribution < -0.4 is 0 Å². The predicted octanol–water partition coefficient (Wildman–Crippen LogP) is 2.50. The highest BCUT2D eigenvalue weighted by molar-refractivity contribution is 5.69. The zero-order chi connectivity index (χ0) is 15.9. The molecule has 5 nitrogen and oxygen atoms in total. The smallest absolute Gasteiger partial charge is 0.410 e. The van der Waals surface area contributed by atoms with Gasteiger partial charge in [-0.2, -0.15) is 0 Å². The van der Waals surface area contributed by atoms with Gasteiger partial charge in [0.25, 0.3) is 0 Å². The summed E-state index contributed by atoms with van der Waals surface area (Å²) >= 11 is 0. The van der Waals surface area contributed by atoms with Crippen LogP contribution in [0.4, 0.5) is 4.79 Å². The van der Waals surface area contributed by atoms with Crippen LogP contribution in [0.25, 0.3) is 0 Å². The molecule has 0 saturated carbocycles. The van der Waals surface area contributed by atoms with E-state index in [2.05, 4.69) is 0 Å². The van der Waals surface area contributed by atoms with Crippen molar-refractivity contribution in [3.8, 4) is 5.75 Å². The van der Waals surface area contributed by atoms with Gasteiger partial charge in [-0.1, -0.05) is 12.1 Å². The number of aromatic hydroxyl groups is 1. The van der Waals surface area contributed by atoms with Crippen LogP contribution in [0.5, 0.6) is 5.75 Å². The second-order valence-corrected chi connectivity index (χ2v) is 6.97. The third-order valence-electron chi connectivity index (χ3n) is 4.20. The molecule has 22 heavy (non-hydrogen) atoms. The molecule has 1 aliphatic carbocycles. The lowest BCUT2D eigenvalue weighted by Gasteiger charge is -2.44. The number of nitrogens with zero attached hydrogens (tertiary/aromatic N) is 1. The van der Waals surface area contributed by atoms with Gasteiger partial charge in [0.05, 0.1) is 18.8 Å². The number of phenolic OH excluding ortho intramolecular Hbond substituents is 1. The molecule has 1 saturated heterocycles. The molecule has 0 radical (unpaired) electrons. The van der Waals surface area contributed by atoms with E-state index in [0.717, 1.165) is 11.1 Å². The maximum atomic E-state index is 12.4. The summed E-state index contributed by atoms with van der Waals surface area (Å²) < 4.78 is 11.4. The number of amides is 1. The Morgan fingerprint density at radius 2 is 2.14 bits per heavy atom. The molecule has 5 heteroatoms. The summed E-state index contributed by atoms with van der Waals surface area (Å²) in [5.41, 5.74) is 1.52. The number of hydrogen-bond acceptors (Lipinski definition) is 4. The Morgan fingerprint density at radius 1 is 1.36 bits per heavy atom. The summed E-state index contributed by atoms with van der Waals surface area (Å²) in [4.78, 5) is 14.2. The molecule has 1 aromatic rings. The molecule has 1 heterocycles. The Hall–Kier alpha value is -1.75. The molecule has 3 rings (SSSR count). The normalized spacial score (nSPS) is 24.4. The molecular weight excluding hydrogens is 282 g/mol. The average molecular weight is 305 g/mol. The molecule has 0 spiro atoms. The van der Waals surface area contributed by atoms with E-state index < -0.39 is 5.60 Å². The molecule has 1 fully saturated rings. The van der Waals surface area contributed by atoms with E-state index in [1.165, 1.54) is 0 Å². The van der Waals surface area contributed by atoms with Gasteiger partial charge in [-0.05, 0) is 44.4 Å². The number of morpholine rings is 1. The number of hydrogen-bond donors (Lipinski definition) is 1. The Kier molecular flexibility index (Phi) is 3.77. The molecule has 0 aromatic heterocycles. The number of ether oxygens (including phenoxy) is 2. The maximum absolute atomic E-state index is 12.4. The minimum atomic E-state index is -0.504. The van der Waals surface area contributed by atoms with Crippen molar-refractivity contribution in [2.45, 2.75) is 51.4 Å². The van der Waals surface area contributed by atoms with Crippen LogP contribution in [-0.4, -0.2) is 47.0 Å². The minimum absolute atomic E-state index is 0.0297. The molecule has 1 amide bonds. The molecule has 1 aliphatic heterocycles. The zero-order valence-electron chi connectivity index (χ0n) is 13.3. The Labute approximate surface area is 130 Å². The lowest BCUT2D eigenvalue weighted by Crippen LogP contribution is -2.57. The van der Waals surface area contributed by atoms with Gasteiger partial charge in [-0.15, -0.1) is 0 Å². The van der Waals surface area contributed by atoms with Crippen molar-refractivity contribution >= 4 is 6.09 Å². The van der Waals surface area contributed by atoms with Gasteiger partial charge in [0.15, 0.2) is 0 Å². The molecule has 2 aliphatic rings. The third-order valence-corrected chi connectivity index (χ3v) is 4.20. The highest BCUT2D eigenvalue weighted by atomic mass is 16.6. The first-order chi connectivity index (χ1) is 10.3. The van der Waals surface area contributed by atoms with E-state index in [-0.39, 0.29) is 18.2 Å². The van der Waals surface area contributed by atoms with E-state index in [9.17, 15) is 9.90 Å². The molecule has 0 bridgehead atoms. The van der Waals surface area contributed by atoms with E-state index >= 15 is 0 Å². The number of fused-ring (bicyclic) bond motifs is 2. The largest absolute Gasteiger partial charge is 0.508 e. The first-order valence-electron chi connectivity index (χ1n) is 7.76. The fourth-order valence-electron chi connectivity index (χ4n) is 3.24. The van der Waals surface area contributed by atoms with Crippen molar-refractivity contribution < 1.29 is 19.4 Å². The van der Waals surface area contributed by atoms with Crippen LogP contribution in [0.1, 0.15) is 31.9 Å².